The summed E-state index contributed by atoms with van der Waals surface area (Å²) in [6.07, 6.45) is 3.19. The summed E-state index contributed by atoms with van der Waals surface area (Å²) in [4.78, 5) is 15.8. The van der Waals surface area contributed by atoms with Crippen LogP contribution in [0.3, 0.4) is 0 Å². The third kappa shape index (κ3) is 2.32. The van der Waals surface area contributed by atoms with Gasteiger partial charge in [0.25, 0.3) is 0 Å². The summed E-state index contributed by atoms with van der Waals surface area (Å²) in [6, 6.07) is 5.42. The molecule has 0 saturated heterocycles. The van der Waals surface area contributed by atoms with Gasteiger partial charge in [-0.25, -0.2) is 14.5 Å². The highest BCUT2D eigenvalue weighted by atomic mass is 16.5. The standard InChI is InChI=1S/C12H13N3O3/c1-3-18-12(16)9-8-15(14-11(9)17-2)10-6-4-5-7-13-10/h4-8H,3H2,1-2H3. The molecule has 0 amide bonds. The summed E-state index contributed by atoms with van der Waals surface area (Å²) >= 11 is 0. The Bertz CT molecular complexity index is 537. The minimum Gasteiger partial charge on any atom is -0.479 e. The van der Waals surface area contributed by atoms with E-state index in [9.17, 15) is 4.79 Å². The van der Waals surface area contributed by atoms with E-state index in [1.54, 1.807) is 31.5 Å². The van der Waals surface area contributed by atoms with E-state index in [1.165, 1.54) is 11.8 Å². The van der Waals surface area contributed by atoms with Crippen molar-refractivity contribution in [2.24, 2.45) is 0 Å². The molecule has 0 radical (unpaired) electrons. The van der Waals surface area contributed by atoms with Crippen molar-refractivity contribution in [3.8, 4) is 11.7 Å². The highest BCUT2D eigenvalue weighted by Gasteiger charge is 2.19. The molecule has 0 aromatic carbocycles. The Balaban J connectivity index is 2.38. The maximum Gasteiger partial charge on any atom is 0.345 e. The van der Waals surface area contributed by atoms with Crippen molar-refractivity contribution in [1.29, 1.82) is 0 Å². The highest BCUT2D eigenvalue weighted by Crippen LogP contribution is 2.18. The lowest BCUT2D eigenvalue weighted by Crippen LogP contribution is -2.05. The van der Waals surface area contributed by atoms with Crippen molar-refractivity contribution in [3.63, 3.8) is 0 Å². The molecule has 2 aromatic rings. The van der Waals surface area contributed by atoms with Gasteiger partial charge in [0.05, 0.1) is 19.9 Å². The van der Waals surface area contributed by atoms with Gasteiger partial charge in [-0.1, -0.05) is 6.07 Å². The van der Waals surface area contributed by atoms with Crippen LogP contribution in [0.15, 0.2) is 30.6 Å². The van der Waals surface area contributed by atoms with Gasteiger partial charge in [0.1, 0.15) is 5.56 Å². The van der Waals surface area contributed by atoms with E-state index < -0.39 is 5.97 Å². The summed E-state index contributed by atoms with van der Waals surface area (Å²) in [5.74, 6) is 0.363. The third-order valence-electron chi connectivity index (χ3n) is 2.25. The van der Waals surface area contributed by atoms with E-state index in [0.717, 1.165) is 0 Å². The molecule has 0 unspecified atom stereocenters. The van der Waals surface area contributed by atoms with Crippen molar-refractivity contribution >= 4 is 5.97 Å². The van der Waals surface area contributed by atoms with E-state index in [2.05, 4.69) is 10.1 Å². The van der Waals surface area contributed by atoms with Crippen molar-refractivity contribution in [2.45, 2.75) is 6.92 Å². The Labute approximate surface area is 104 Å². The number of nitrogens with zero attached hydrogens (tertiary/aromatic N) is 3. The molecule has 0 N–H and O–H groups in total. The first-order valence-electron chi connectivity index (χ1n) is 5.48. The van der Waals surface area contributed by atoms with Crippen molar-refractivity contribution in [3.05, 3.63) is 36.2 Å². The van der Waals surface area contributed by atoms with Crippen LogP contribution in [0.2, 0.25) is 0 Å². The molecule has 2 heterocycles. The van der Waals surface area contributed by atoms with Gasteiger partial charge >= 0.3 is 5.97 Å². The molecule has 0 atom stereocenters. The quantitative estimate of drug-likeness (QED) is 0.765. The first kappa shape index (κ1) is 12.1. The number of hydrogen-bond acceptors (Lipinski definition) is 5. The van der Waals surface area contributed by atoms with Crippen LogP contribution in [-0.4, -0.2) is 34.5 Å². The van der Waals surface area contributed by atoms with Gasteiger partial charge < -0.3 is 9.47 Å². The van der Waals surface area contributed by atoms with Crippen LogP contribution in [0.5, 0.6) is 5.88 Å². The average molecular weight is 247 g/mol. The zero-order valence-corrected chi connectivity index (χ0v) is 10.2. The minimum atomic E-state index is -0.462. The summed E-state index contributed by atoms with van der Waals surface area (Å²) in [6.45, 7) is 2.05. The van der Waals surface area contributed by atoms with Crippen molar-refractivity contribution in [1.82, 2.24) is 14.8 Å². The fraction of sp³-hybridized carbons (Fsp3) is 0.250. The number of pyridine rings is 1. The van der Waals surface area contributed by atoms with Gasteiger partial charge in [-0.3, -0.25) is 0 Å². The van der Waals surface area contributed by atoms with E-state index >= 15 is 0 Å². The molecule has 0 aliphatic carbocycles. The Hall–Kier alpha value is -2.37. The second kappa shape index (κ2) is 5.31. The summed E-state index contributed by atoms with van der Waals surface area (Å²) < 4.78 is 11.5. The third-order valence-corrected chi connectivity index (χ3v) is 2.25. The van der Waals surface area contributed by atoms with Crippen LogP contribution in [0.4, 0.5) is 0 Å². The smallest absolute Gasteiger partial charge is 0.345 e. The zero-order chi connectivity index (χ0) is 13.0. The monoisotopic (exact) mass is 247 g/mol. The van der Waals surface area contributed by atoms with Crippen LogP contribution in [0.1, 0.15) is 17.3 Å². The van der Waals surface area contributed by atoms with Gasteiger partial charge in [-0.05, 0) is 19.1 Å². The first-order valence-corrected chi connectivity index (χ1v) is 5.48. The topological polar surface area (TPSA) is 66.2 Å². The molecule has 94 valence electrons. The zero-order valence-electron chi connectivity index (χ0n) is 10.2. The van der Waals surface area contributed by atoms with Gasteiger partial charge in [0, 0.05) is 6.20 Å². The van der Waals surface area contributed by atoms with Crippen LogP contribution >= 0.6 is 0 Å². The highest BCUT2D eigenvalue weighted by molar-refractivity contribution is 5.91. The Morgan fingerprint density at radius 1 is 1.44 bits per heavy atom. The second-order valence-corrected chi connectivity index (χ2v) is 3.41. The molecule has 18 heavy (non-hydrogen) atoms. The molecular weight excluding hydrogens is 234 g/mol. The van der Waals surface area contributed by atoms with E-state index in [-0.39, 0.29) is 11.4 Å². The fourth-order valence-corrected chi connectivity index (χ4v) is 1.46. The largest absolute Gasteiger partial charge is 0.479 e. The number of aromatic nitrogens is 3. The Kier molecular flexibility index (Phi) is 3.57. The number of esters is 1. The summed E-state index contributed by atoms with van der Waals surface area (Å²) in [5.41, 5.74) is 0.282. The van der Waals surface area contributed by atoms with Gasteiger partial charge in [0.15, 0.2) is 5.82 Å². The van der Waals surface area contributed by atoms with E-state index in [1.807, 2.05) is 6.07 Å². The van der Waals surface area contributed by atoms with Crippen LogP contribution in [-0.2, 0) is 4.74 Å². The number of ether oxygens (including phenoxy) is 2. The maximum absolute atomic E-state index is 11.7. The van der Waals surface area contributed by atoms with Gasteiger partial charge in [-0.2, -0.15) is 0 Å². The van der Waals surface area contributed by atoms with Gasteiger partial charge in [0.2, 0.25) is 5.88 Å². The molecule has 2 aromatic heterocycles. The SMILES string of the molecule is CCOC(=O)c1cn(-c2ccccn2)nc1OC. The fourth-order valence-electron chi connectivity index (χ4n) is 1.46. The number of hydrogen-bond donors (Lipinski definition) is 0. The minimum absolute atomic E-state index is 0.221. The number of carbonyl (C=O) groups excluding carboxylic acids is 1. The number of methoxy groups -OCH3 is 1. The van der Waals surface area contributed by atoms with Crippen LogP contribution in [0, 0.1) is 0 Å². The predicted molar refractivity (Wildman–Crippen MR) is 63.9 cm³/mol. The van der Waals surface area contributed by atoms with E-state index in [0.29, 0.717) is 12.4 Å². The summed E-state index contributed by atoms with van der Waals surface area (Å²) in [7, 11) is 1.45. The molecule has 0 bridgehead atoms. The predicted octanol–water partition coefficient (Wildman–Crippen LogP) is 1.45. The molecule has 0 saturated carbocycles. The first-order chi connectivity index (χ1) is 8.76. The molecule has 6 nitrogen and oxygen atoms in total. The molecular formula is C12H13N3O3. The van der Waals surface area contributed by atoms with Crippen LogP contribution in [0.25, 0.3) is 5.82 Å². The lowest BCUT2D eigenvalue weighted by molar-refractivity contribution is 0.0522. The molecule has 0 spiro atoms. The molecule has 2 rings (SSSR count). The number of rotatable bonds is 4. The maximum atomic E-state index is 11.7. The summed E-state index contributed by atoms with van der Waals surface area (Å²) in [5, 5.41) is 4.13. The lowest BCUT2D eigenvalue weighted by atomic mass is 10.3. The second-order valence-electron chi connectivity index (χ2n) is 3.41. The average Bonchev–Trinajstić information content (AvgIpc) is 2.84. The molecule has 0 fully saturated rings. The Morgan fingerprint density at radius 3 is 2.89 bits per heavy atom. The van der Waals surface area contributed by atoms with Crippen LogP contribution < -0.4 is 4.74 Å². The number of carbonyl (C=O) groups is 1. The van der Waals surface area contributed by atoms with E-state index in [4.69, 9.17) is 9.47 Å². The Morgan fingerprint density at radius 2 is 2.28 bits per heavy atom. The normalized spacial score (nSPS) is 10.1. The van der Waals surface area contributed by atoms with Crippen molar-refractivity contribution < 1.29 is 14.3 Å². The molecule has 0 aliphatic rings. The van der Waals surface area contributed by atoms with Crippen molar-refractivity contribution in [2.75, 3.05) is 13.7 Å². The lowest BCUT2D eigenvalue weighted by Gasteiger charge is -1.99. The van der Waals surface area contributed by atoms with Gasteiger partial charge in [-0.15, -0.1) is 5.10 Å². The molecule has 0 aliphatic heterocycles. The molecule has 6 heteroatoms.